The lowest BCUT2D eigenvalue weighted by atomic mass is 10.2. The van der Waals surface area contributed by atoms with E-state index >= 15 is 0 Å². The van der Waals surface area contributed by atoms with E-state index in [0.717, 1.165) is 21.3 Å². The maximum absolute atomic E-state index is 12.5. The summed E-state index contributed by atoms with van der Waals surface area (Å²) in [6, 6.07) is 9.81. The van der Waals surface area contributed by atoms with Crippen LogP contribution >= 0.6 is 11.3 Å². The standard InChI is InChI=1S/C17H15N5OS/c1-10(2)22-15-11(9-19-22)7-12(8-18-15)16(23)21-17-20-13-5-3-4-6-14(13)24-17/h3-10H,1-2H3,(H,20,21,23). The molecule has 6 nitrogen and oxygen atoms in total. The van der Waals surface area contributed by atoms with Gasteiger partial charge in [0.15, 0.2) is 10.8 Å². The molecule has 0 saturated carbocycles. The Kier molecular flexibility index (Phi) is 3.50. The fourth-order valence-corrected chi connectivity index (χ4v) is 3.40. The molecular weight excluding hydrogens is 322 g/mol. The van der Waals surface area contributed by atoms with E-state index in [0.29, 0.717) is 10.7 Å². The Labute approximate surface area is 142 Å². The number of pyridine rings is 1. The van der Waals surface area contributed by atoms with Crippen LogP contribution in [0.25, 0.3) is 21.3 Å². The fourth-order valence-electron chi connectivity index (χ4n) is 2.54. The SMILES string of the molecule is CC(C)n1ncc2cc(C(=O)Nc3nc4ccccc4s3)cnc21. The van der Waals surface area contributed by atoms with Crippen LogP contribution in [0.1, 0.15) is 30.2 Å². The largest absolute Gasteiger partial charge is 0.298 e. The second-order valence-electron chi connectivity index (χ2n) is 5.76. The quantitative estimate of drug-likeness (QED) is 0.616. The molecule has 4 aromatic rings. The molecule has 0 atom stereocenters. The lowest BCUT2D eigenvalue weighted by Gasteiger charge is -2.06. The van der Waals surface area contributed by atoms with Gasteiger partial charge in [0, 0.05) is 17.6 Å². The third-order valence-corrected chi connectivity index (χ3v) is 4.65. The number of anilines is 1. The number of nitrogens with one attached hydrogen (secondary N) is 1. The number of rotatable bonds is 3. The molecule has 0 bridgehead atoms. The average molecular weight is 337 g/mol. The molecule has 1 amide bonds. The normalized spacial score (nSPS) is 11.5. The molecule has 1 N–H and O–H groups in total. The molecule has 1 aromatic carbocycles. The van der Waals surface area contributed by atoms with Crippen molar-refractivity contribution in [2.75, 3.05) is 5.32 Å². The molecule has 120 valence electrons. The zero-order valence-electron chi connectivity index (χ0n) is 13.2. The Hall–Kier alpha value is -2.80. The van der Waals surface area contributed by atoms with Crippen molar-refractivity contribution in [3.63, 3.8) is 0 Å². The number of carbonyl (C=O) groups is 1. The Morgan fingerprint density at radius 3 is 2.88 bits per heavy atom. The van der Waals surface area contributed by atoms with Crippen molar-refractivity contribution >= 4 is 43.6 Å². The Balaban J connectivity index is 1.63. The first-order valence-corrected chi connectivity index (χ1v) is 8.43. The van der Waals surface area contributed by atoms with Gasteiger partial charge >= 0.3 is 0 Å². The predicted molar refractivity (Wildman–Crippen MR) is 95.5 cm³/mol. The number of para-hydroxylation sites is 1. The Morgan fingerprint density at radius 2 is 2.08 bits per heavy atom. The molecular formula is C17H15N5OS. The van der Waals surface area contributed by atoms with Crippen LogP contribution in [0.2, 0.25) is 0 Å². The van der Waals surface area contributed by atoms with Crippen LogP contribution in [0.3, 0.4) is 0 Å². The van der Waals surface area contributed by atoms with Gasteiger partial charge in [0.1, 0.15) is 0 Å². The molecule has 7 heteroatoms. The maximum Gasteiger partial charge on any atom is 0.259 e. The highest BCUT2D eigenvalue weighted by molar-refractivity contribution is 7.22. The number of hydrogen-bond acceptors (Lipinski definition) is 5. The molecule has 0 aliphatic rings. The number of hydrogen-bond donors (Lipinski definition) is 1. The van der Waals surface area contributed by atoms with Gasteiger partial charge in [-0.3, -0.25) is 10.1 Å². The second-order valence-corrected chi connectivity index (χ2v) is 6.79. The average Bonchev–Trinajstić information content (AvgIpc) is 3.17. The van der Waals surface area contributed by atoms with Gasteiger partial charge in [0.05, 0.1) is 22.0 Å². The highest BCUT2D eigenvalue weighted by atomic mass is 32.1. The van der Waals surface area contributed by atoms with Gasteiger partial charge in [-0.05, 0) is 32.0 Å². The third kappa shape index (κ3) is 2.52. The third-order valence-electron chi connectivity index (χ3n) is 3.70. The molecule has 3 aromatic heterocycles. The lowest BCUT2D eigenvalue weighted by Crippen LogP contribution is -2.12. The van der Waals surface area contributed by atoms with Gasteiger partial charge in [0.25, 0.3) is 5.91 Å². The molecule has 0 unspecified atom stereocenters. The first-order valence-electron chi connectivity index (χ1n) is 7.62. The highest BCUT2D eigenvalue weighted by Crippen LogP contribution is 2.26. The first-order chi connectivity index (χ1) is 11.6. The fraction of sp³-hybridized carbons (Fsp3) is 0.176. The number of benzene rings is 1. The number of amides is 1. The van der Waals surface area contributed by atoms with Crippen molar-refractivity contribution in [3.8, 4) is 0 Å². The monoisotopic (exact) mass is 337 g/mol. The summed E-state index contributed by atoms with van der Waals surface area (Å²) < 4.78 is 2.88. The molecule has 0 spiro atoms. The van der Waals surface area contributed by atoms with Crippen molar-refractivity contribution in [2.45, 2.75) is 19.9 Å². The number of nitrogens with zero attached hydrogens (tertiary/aromatic N) is 4. The molecule has 24 heavy (non-hydrogen) atoms. The molecule has 0 saturated heterocycles. The van der Waals surface area contributed by atoms with E-state index in [-0.39, 0.29) is 11.9 Å². The Bertz CT molecular complexity index is 1020. The summed E-state index contributed by atoms with van der Waals surface area (Å²) in [5, 5.41) is 8.59. The summed E-state index contributed by atoms with van der Waals surface area (Å²) in [4.78, 5) is 21.3. The number of aromatic nitrogens is 4. The van der Waals surface area contributed by atoms with Crippen molar-refractivity contribution in [3.05, 3.63) is 48.3 Å². The summed E-state index contributed by atoms with van der Waals surface area (Å²) >= 11 is 1.45. The van der Waals surface area contributed by atoms with E-state index in [9.17, 15) is 4.79 Å². The predicted octanol–water partition coefficient (Wildman–Crippen LogP) is 3.87. The minimum Gasteiger partial charge on any atom is -0.298 e. The summed E-state index contributed by atoms with van der Waals surface area (Å²) in [5.41, 5.74) is 2.15. The molecule has 4 rings (SSSR count). The van der Waals surface area contributed by atoms with Gasteiger partial charge in [-0.15, -0.1) is 0 Å². The van der Waals surface area contributed by atoms with Gasteiger partial charge in [-0.25, -0.2) is 14.6 Å². The summed E-state index contributed by atoms with van der Waals surface area (Å²) in [7, 11) is 0. The lowest BCUT2D eigenvalue weighted by molar-refractivity contribution is 0.102. The van der Waals surface area contributed by atoms with Gasteiger partial charge in [0.2, 0.25) is 0 Å². The first kappa shape index (κ1) is 14.8. The summed E-state index contributed by atoms with van der Waals surface area (Å²) in [6.45, 7) is 4.09. The van der Waals surface area contributed by atoms with Crippen LogP contribution in [0.4, 0.5) is 5.13 Å². The van der Waals surface area contributed by atoms with Gasteiger partial charge < -0.3 is 0 Å². The van der Waals surface area contributed by atoms with Crippen LogP contribution < -0.4 is 5.32 Å². The zero-order chi connectivity index (χ0) is 16.7. The summed E-state index contributed by atoms with van der Waals surface area (Å²) in [6.07, 6.45) is 3.31. The molecule has 0 radical (unpaired) electrons. The van der Waals surface area contributed by atoms with E-state index in [1.807, 2.05) is 42.8 Å². The van der Waals surface area contributed by atoms with Gasteiger partial charge in [-0.1, -0.05) is 23.5 Å². The highest BCUT2D eigenvalue weighted by Gasteiger charge is 2.13. The molecule has 0 aliphatic carbocycles. The van der Waals surface area contributed by atoms with Crippen LogP contribution in [-0.4, -0.2) is 25.7 Å². The topological polar surface area (TPSA) is 72.7 Å². The van der Waals surface area contributed by atoms with Crippen molar-refractivity contribution in [1.82, 2.24) is 19.7 Å². The molecule has 3 heterocycles. The van der Waals surface area contributed by atoms with E-state index in [4.69, 9.17) is 0 Å². The second kappa shape index (κ2) is 5.68. The minimum atomic E-state index is -0.222. The van der Waals surface area contributed by atoms with Crippen LogP contribution in [-0.2, 0) is 0 Å². The molecule has 0 aliphatic heterocycles. The van der Waals surface area contributed by atoms with Gasteiger partial charge in [-0.2, -0.15) is 5.10 Å². The zero-order valence-corrected chi connectivity index (χ0v) is 14.0. The van der Waals surface area contributed by atoms with E-state index in [1.54, 1.807) is 18.5 Å². The van der Waals surface area contributed by atoms with Crippen LogP contribution in [0, 0.1) is 0 Å². The van der Waals surface area contributed by atoms with Crippen molar-refractivity contribution < 1.29 is 4.79 Å². The number of fused-ring (bicyclic) bond motifs is 2. The van der Waals surface area contributed by atoms with Crippen LogP contribution in [0.15, 0.2) is 42.7 Å². The van der Waals surface area contributed by atoms with E-state index in [1.165, 1.54) is 11.3 Å². The van der Waals surface area contributed by atoms with E-state index < -0.39 is 0 Å². The minimum absolute atomic E-state index is 0.220. The van der Waals surface area contributed by atoms with Crippen molar-refractivity contribution in [2.24, 2.45) is 0 Å². The number of carbonyl (C=O) groups excluding carboxylic acids is 1. The number of thiazole rings is 1. The Morgan fingerprint density at radius 1 is 1.25 bits per heavy atom. The van der Waals surface area contributed by atoms with Crippen molar-refractivity contribution in [1.29, 1.82) is 0 Å². The van der Waals surface area contributed by atoms with E-state index in [2.05, 4.69) is 20.4 Å². The summed E-state index contributed by atoms with van der Waals surface area (Å²) in [5.74, 6) is -0.222. The smallest absolute Gasteiger partial charge is 0.259 e. The van der Waals surface area contributed by atoms with Crippen LogP contribution in [0.5, 0.6) is 0 Å². The molecule has 0 fully saturated rings. The maximum atomic E-state index is 12.5.